The van der Waals surface area contributed by atoms with Crippen LogP contribution in [0, 0.1) is 0 Å². The van der Waals surface area contributed by atoms with E-state index in [0.717, 1.165) is 12.8 Å². The molecule has 7 heteroatoms. The van der Waals surface area contributed by atoms with Crippen LogP contribution in [0.1, 0.15) is 39.0 Å². The Labute approximate surface area is 113 Å². The van der Waals surface area contributed by atoms with Crippen LogP contribution in [0.4, 0.5) is 0 Å². The fraction of sp³-hybridized carbons (Fsp3) is 0.917. The molecule has 2 aliphatic rings. The second-order valence-electron chi connectivity index (χ2n) is 5.33. The predicted octanol–water partition coefficient (Wildman–Crippen LogP) is 0.823. The third kappa shape index (κ3) is 3.09. The molecule has 110 valence electrons. The predicted molar refractivity (Wildman–Crippen MR) is 69.3 cm³/mol. The highest BCUT2D eigenvalue weighted by molar-refractivity contribution is 7.89. The van der Waals surface area contributed by atoms with Crippen molar-refractivity contribution in [2.75, 3.05) is 13.2 Å². The first-order valence-electron chi connectivity index (χ1n) is 6.78. The standard InChI is InChI=1S/C12H21NO5S/c1-9-8-10(5-7-18-9)19(16,17)13-6-3-2-4-11(13)12(14)15/h9-11H,2-8H2,1H3,(H,14,15). The molecule has 6 nitrogen and oxygen atoms in total. The summed E-state index contributed by atoms with van der Waals surface area (Å²) in [7, 11) is -3.54. The molecule has 2 rings (SSSR count). The van der Waals surface area contributed by atoms with E-state index in [9.17, 15) is 18.3 Å². The summed E-state index contributed by atoms with van der Waals surface area (Å²) in [6.45, 7) is 2.61. The molecule has 1 N–H and O–H groups in total. The maximum atomic E-state index is 12.6. The number of nitrogens with zero attached hydrogens (tertiary/aromatic N) is 1. The summed E-state index contributed by atoms with van der Waals surface area (Å²) in [5.41, 5.74) is 0. The Kier molecular flexibility index (Phi) is 4.47. The number of hydrogen-bond acceptors (Lipinski definition) is 4. The van der Waals surface area contributed by atoms with Crippen molar-refractivity contribution in [1.82, 2.24) is 4.31 Å². The smallest absolute Gasteiger partial charge is 0.322 e. The van der Waals surface area contributed by atoms with Crippen LogP contribution < -0.4 is 0 Å². The molecule has 3 atom stereocenters. The fourth-order valence-electron chi connectivity index (χ4n) is 2.88. The van der Waals surface area contributed by atoms with Crippen molar-refractivity contribution in [2.24, 2.45) is 0 Å². The van der Waals surface area contributed by atoms with E-state index in [2.05, 4.69) is 0 Å². The molecule has 2 heterocycles. The number of carboxylic acid groups (broad SMARTS) is 1. The van der Waals surface area contributed by atoms with Gasteiger partial charge in [-0.3, -0.25) is 4.79 Å². The van der Waals surface area contributed by atoms with Crippen LogP contribution in [0.2, 0.25) is 0 Å². The second kappa shape index (κ2) is 5.76. The summed E-state index contributed by atoms with van der Waals surface area (Å²) in [6.07, 6.45) is 2.74. The van der Waals surface area contributed by atoms with Gasteiger partial charge < -0.3 is 9.84 Å². The Balaban J connectivity index is 2.19. The van der Waals surface area contributed by atoms with Crippen LogP contribution in [0.5, 0.6) is 0 Å². The van der Waals surface area contributed by atoms with Crippen molar-refractivity contribution in [2.45, 2.75) is 56.4 Å². The van der Waals surface area contributed by atoms with Gasteiger partial charge >= 0.3 is 5.97 Å². The van der Waals surface area contributed by atoms with Crippen LogP contribution in [-0.2, 0) is 19.6 Å². The van der Waals surface area contributed by atoms with E-state index in [0.29, 0.717) is 32.4 Å². The van der Waals surface area contributed by atoms with E-state index in [1.807, 2.05) is 6.92 Å². The summed E-state index contributed by atoms with van der Waals surface area (Å²) in [5.74, 6) is -1.04. The van der Waals surface area contributed by atoms with Gasteiger partial charge in [-0.15, -0.1) is 0 Å². The molecule has 0 aromatic carbocycles. The van der Waals surface area contributed by atoms with Gasteiger partial charge in [-0.1, -0.05) is 0 Å². The van der Waals surface area contributed by atoms with E-state index in [-0.39, 0.29) is 6.10 Å². The van der Waals surface area contributed by atoms with Crippen molar-refractivity contribution < 1.29 is 23.1 Å². The minimum atomic E-state index is -3.54. The molecule has 19 heavy (non-hydrogen) atoms. The molecule has 0 aromatic heterocycles. The van der Waals surface area contributed by atoms with Crippen molar-refractivity contribution in [3.05, 3.63) is 0 Å². The molecule has 0 aromatic rings. The first-order valence-corrected chi connectivity index (χ1v) is 8.28. The van der Waals surface area contributed by atoms with Crippen LogP contribution in [0.25, 0.3) is 0 Å². The summed E-state index contributed by atoms with van der Waals surface area (Å²) >= 11 is 0. The highest BCUT2D eigenvalue weighted by Crippen LogP contribution is 2.28. The molecule has 0 amide bonds. The van der Waals surface area contributed by atoms with Crippen molar-refractivity contribution in [3.8, 4) is 0 Å². The monoisotopic (exact) mass is 291 g/mol. The van der Waals surface area contributed by atoms with Gasteiger partial charge in [0.1, 0.15) is 6.04 Å². The molecule has 2 saturated heterocycles. The van der Waals surface area contributed by atoms with Gasteiger partial charge in [0, 0.05) is 13.2 Å². The van der Waals surface area contributed by atoms with Crippen LogP contribution >= 0.6 is 0 Å². The lowest BCUT2D eigenvalue weighted by molar-refractivity contribution is -0.142. The zero-order chi connectivity index (χ0) is 14.0. The van der Waals surface area contributed by atoms with Gasteiger partial charge in [0.05, 0.1) is 11.4 Å². The highest BCUT2D eigenvalue weighted by Gasteiger charge is 2.42. The van der Waals surface area contributed by atoms with Crippen molar-refractivity contribution in [1.29, 1.82) is 0 Å². The van der Waals surface area contributed by atoms with Crippen LogP contribution in [-0.4, -0.2) is 54.3 Å². The number of piperidine rings is 1. The molecule has 0 spiro atoms. The topological polar surface area (TPSA) is 83.9 Å². The third-order valence-electron chi connectivity index (χ3n) is 3.92. The van der Waals surface area contributed by atoms with E-state index in [1.165, 1.54) is 4.31 Å². The molecule has 2 fully saturated rings. The average Bonchev–Trinajstić information content (AvgIpc) is 2.38. The number of hydrogen-bond donors (Lipinski definition) is 1. The van der Waals surface area contributed by atoms with Crippen molar-refractivity contribution in [3.63, 3.8) is 0 Å². The lowest BCUT2D eigenvalue weighted by atomic mass is 10.1. The summed E-state index contributed by atoms with van der Waals surface area (Å²) in [4.78, 5) is 11.2. The average molecular weight is 291 g/mol. The van der Waals surface area contributed by atoms with E-state index in [4.69, 9.17) is 4.74 Å². The molecular weight excluding hydrogens is 270 g/mol. The lowest BCUT2D eigenvalue weighted by Gasteiger charge is -2.36. The molecule has 0 bridgehead atoms. The highest BCUT2D eigenvalue weighted by atomic mass is 32.2. The minimum Gasteiger partial charge on any atom is -0.480 e. The molecule has 0 radical (unpaired) electrons. The summed E-state index contributed by atoms with van der Waals surface area (Å²) in [6, 6.07) is -0.892. The van der Waals surface area contributed by atoms with E-state index >= 15 is 0 Å². The first kappa shape index (κ1) is 14.7. The fourth-order valence-corrected chi connectivity index (χ4v) is 5.10. The van der Waals surface area contributed by atoms with Gasteiger partial charge in [-0.05, 0) is 39.0 Å². The Morgan fingerprint density at radius 3 is 2.68 bits per heavy atom. The number of sulfonamides is 1. The number of carbonyl (C=O) groups is 1. The van der Waals surface area contributed by atoms with E-state index < -0.39 is 27.3 Å². The molecule has 3 unspecified atom stereocenters. The lowest BCUT2D eigenvalue weighted by Crippen LogP contribution is -2.52. The maximum absolute atomic E-state index is 12.6. The van der Waals surface area contributed by atoms with E-state index in [1.54, 1.807) is 0 Å². The first-order chi connectivity index (χ1) is 8.93. The molecule has 2 aliphatic heterocycles. The minimum absolute atomic E-state index is 0.0819. The zero-order valence-corrected chi connectivity index (χ0v) is 11.9. The number of aliphatic carboxylic acids is 1. The summed E-state index contributed by atoms with van der Waals surface area (Å²) in [5, 5.41) is 8.69. The Morgan fingerprint density at radius 1 is 1.32 bits per heavy atom. The van der Waals surface area contributed by atoms with Gasteiger partial charge in [0.25, 0.3) is 0 Å². The largest absolute Gasteiger partial charge is 0.480 e. The normalized spacial score (nSPS) is 34.1. The number of carboxylic acids is 1. The Hall–Kier alpha value is -0.660. The SMILES string of the molecule is CC1CC(S(=O)(=O)N2CCCCC2C(=O)O)CCO1. The van der Waals surface area contributed by atoms with Gasteiger partial charge in [-0.25, -0.2) is 8.42 Å². The summed E-state index contributed by atoms with van der Waals surface area (Å²) < 4.78 is 31.8. The number of rotatable bonds is 3. The van der Waals surface area contributed by atoms with Gasteiger partial charge in [0.2, 0.25) is 10.0 Å². The van der Waals surface area contributed by atoms with Crippen LogP contribution in [0.3, 0.4) is 0 Å². The Bertz CT molecular complexity index is 435. The molecular formula is C12H21NO5S. The zero-order valence-electron chi connectivity index (χ0n) is 11.1. The van der Waals surface area contributed by atoms with Crippen molar-refractivity contribution >= 4 is 16.0 Å². The molecule has 0 saturated carbocycles. The third-order valence-corrected chi connectivity index (χ3v) is 6.29. The maximum Gasteiger partial charge on any atom is 0.322 e. The van der Waals surface area contributed by atoms with Gasteiger partial charge in [0.15, 0.2) is 0 Å². The van der Waals surface area contributed by atoms with Gasteiger partial charge in [-0.2, -0.15) is 4.31 Å². The van der Waals surface area contributed by atoms with Crippen LogP contribution in [0.15, 0.2) is 0 Å². The molecule has 0 aliphatic carbocycles. The second-order valence-corrected chi connectivity index (χ2v) is 7.50. The number of ether oxygens (including phenoxy) is 1. The quantitative estimate of drug-likeness (QED) is 0.832. The Morgan fingerprint density at radius 2 is 2.05 bits per heavy atom.